The molecule has 1 unspecified atom stereocenters. The van der Waals surface area contributed by atoms with Gasteiger partial charge >= 0.3 is 0 Å². The number of rotatable bonds is 2. The Morgan fingerprint density at radius 1 is 0.792 bits per heavy atom. The SMILES string of the molecule is CC(=O)c1c(C)cc(C)cc1C.Cc1cc(C)c(C(C)O)c(C)c1. The molecule has 0 aromatic heterocycles. The highest BCUT2D eigenvalue weighted by atomic mass is 16.3. The van der Waals surface area contributed by atoms with Crippen molar-refractivity contribution in [2.24, 2.45) is 0 Å². The van der Waals surface area contributed by atoms with Gasteiger partial charge in [0.15, 0.2) is 5.78 Å². The normalized spacial score (nSPS) is 11.5. The Labute approximate surface area is 146 Å². The van der Waals surface area contributed by atoms with E-state index < -0.39 is 0 Å². The quantitative estimate of drug-likeness (QED) is 0.742. The predicted molar refractivity (Wildman–Crippen MR) is 102 cm³/mol. The van der Waals surface area contributed by atoms with Crippen molar-refractivity contribution in [2.75, 3.05) is 0 Å². The molecule has 2 rings (SSSR count). The molecule has 1 atom stereocenters. The van der Waals surface area contributed by atoms with E-state index in [-0.39, 0.29) is 11.9 Å². The summed E-state index contributed by atoms with van der Waals surface area (Å²) in [6, 6.07) is 8.30. The Kier molecular flexibility index (Phi) is 6.92. The first-order chi connectivity index (χ1) is 11.0. The van der Waals surface area contributed by atoms with E-state index in [0.29, 0.717) is 0 Å². The molecular weight excluding hydrogens is 296 g/mol. The van der Waals surface area contributed by atoms with Crippen LogP contribution in [0.25, 0.3) is 0 Å². The Bertz CT molecular complexity index is 694. The Balaban J connectivity index is 0.000000240. The number of aliphatic hydroxyl groups excluding tert-OH is 1. The average molecular weight is 326 g/mol. The zero-order valence-corrected chi connectivity index (χ0v) is 16.2. The van der Waals surface area contributed by atoms with Crippen molar-refractivity contribution in [3.05, 3.63) is 68.8 Å². The third kappa shape index (κ3) is 5.04. The molecule has 0 heterocycles. The van der Waals surface area contributed by atoms with Gasteiger partial charge in [-0.2, -0.15) is 0 Å². The lowest BCUT2D eigenvalue weighted by Crippen LogP contribution is -2.00. The molecule has 0 fully saturated rings. The van der Waals surface area contributed by atoms with Crippen LogP contribution < -0.4 is 0 Å². The summed E-state index contributed by atoms with van der Waals surface area (Å²) in [7, 11) is 0. The summed E-state index contributed by atoms with van der Waals surface area (Å²) in [6.07, 6.45) is -0.356. The zero-order chi connectivity index (χ0) is 18.6. The van der Waals surface area contributed by atoms with Gasteiger partial charge in [-0.15, -0.1) is 0 Å². The Morgan fingerprint density at radius 3 is 1.42 bits per heavy atom. The van der Waals surface area contributed by atoms with Gasteiger partial charge in [-0.25, -0.2) is 0 Å². The fourth-order valence-electron chi connectivity index (χ4n) is 3.59. The summed E-state index contributed by atoms with van der Waals surface area (Å²) in [6.45, 7) is 15.6. The molecule has 0 aliphatic carbocycles. The van der Waals surface area contributed by atoms with Crippen LogP contribution in [0, 0.1) is 41.5 Å². The van der Waals surface area contributed by atoms with E-state index in [1.165, 1.54) is 22.3 Å². The summed E-state index contributed by atoms with van der Waals surface area (Å²) in [4.78, 5) is 11.2. The number of Topliss-reactive ketones (excluding diaryl/α,β-unsaturated/α-hetero) is 1. The maximum Gasteiger partial charge on any atom is 0.160 e. The first-order valence-corrected chi connectivity index (χ1v) is 8.39. The first kappa shape index (κ1) is 20.1. The second-order valence-corrected chi connectivity index (χ2v) is 6.82. The van der Waals surface area contributed by atoms with E-state index in [4.69, 9.17) is 0 Å². The molecule has 0 amide bonds. The average Bonchev–Trinajstić information content (AvgIpc) is 2.35. The van der Waals surface area contributed by atoms with Crippen molar-refractivity contribution in [3.63, 3.8) is 0 Å². The van der Waals surface area contributed by atoms with E-state index in [1.807, 2.05) is 53.7 Å². The molecule has 2 nitrogen and oxygen atoms in total. The summed E-state index contributed by atoms with van der Waals surface area (Å²) in [5.41, 5.74) is 8.95. The third-order valence-corrected chi connectivity index (χ3v) is 4.18. The minimum absolute atomic E-state index is 0.157. The molecule has 0 spiro atoms. The van der Waals surface area contributed by atoms with Crippen molar-refractivity contribution in [2.45, 2.75) is 61.5 Å². The largest absolute Gasteiger partial charge is 0.389 e. The van der Waals surface area contributed by atoms with Crippen LogP contribution in [0.3, 0.4) is 0 Å². The number of ketones is 1. The summed E-state index contributed by atoms with van der Waals surface area (Å²) in [5.74, 6) is 0.157. The number of aliphatic hydroxyl groups is 1. The van der Waals surface area contributed by atoms with Gasteiger partial charge in [0.05, 0.1) is 6.10 Å². The van der Waals surface area contributed by atoms with Gasteiger partial charge in [0, 0.05) is 5.56 Å². The highest BCUT2D eigenvalue weighted by molar-refractivity contribution is 5.97. The van der Waals surface area contributed by atoms with Crippen LogP contribution in [0.2, 0.25) is 0 Å². The van der Waals surface area contributed by atoms with Gasteiger partial charge in [0.1, 0.15) is 0 Å². The predicted octanol–water partition coefficient (Wildman–Crippen LogP) is 5.48. The highest BCUT2D eigenvalue weighted by Gasteiger charge is 2.08. The molecule has 0 aliphatic heterocycles. The molecule has 0 radical (unpaired) electrons. The van der Waals surface area contributed by atoms with Crippen LogP contribution in [-0.2, 0) is 0 Å². The second kappa shape index (κ2) is 8.25. The summed E-state index contributed by atoms with van der Waals surface area (Å²) in [5, 5.41) is 9.48. The Hall–Kier alpha value is -1.93. The van der Waals surface area contributed by atoms with Gasteiger partial charge < -0.3 is 5.11 Å². The lowest BCUT2D eigenvalue weighted by atomic mass is 9.96. The van der Waals surface area contributed by atoms with Crippen molar-refractivity contribution in [3.8, 4) is 0 Å². The maximum atomic E-state index is 11.2. The Morgan fingerprint density at radius 2 is 1.12 bits per heavy atom. The molecule has 24 heavy (non-hydrogen) atoms. The summed E-state index contributed by atoms with van der Waals surface area (Å²) < 4.78 is 0. The van der Waals surface area contributed by atoms with E-state index in [0.717, 1.165) is 22.3 Å². The highest BCUT2D eigenvalue weighted by Crippen LogP contribution is 2.22. The van der Waals surface area contributed by atoms with Crippen LogP contribution in [0.4, 0.5) is 0 Å². The molecule has 0 saturated carbocycles. The van der Waals surface area contributed by atoms with Crippen LogP contribution in [0.5, 0.6) is 0 Å². The molecule has 130 valence electrons. The first-order valence-electron chi connectivity index (χ1n) is 8.39. The molecule has 2 heteroatoms. The number of aryl methyl sites for hydroxylation is 6. The summed E-state index contributed by atoms with van der Waals surface area (Å²) >= 11 is 0. The van der Waals surface area contributed by atoms with Crippen LogP contribution in [0.15, 0.2) is 24.3 Å². The number of carbonyl (C=O) groups excluding carboxylic acids is 1. The van der Waals surface area contributed by atoms with Gasteiger partial charge in [-0.3, -0.25) is 4.79 Å². The maximum absolute atomic E-state index is 11.2. The smallest absolute Gasteiger partial charge is 0.160 e. The minimum atomic E-state index is -0.356. The fourth-order valence-corrected chi connectivity index (χ4v) is 3.59. The van der Waals surface area contributed by atoms with Crippen molar-refractivity contribution in [1.29, 1.82) is 0 Å². The lowest BCUT2D eigenvalue weighted by Gasteiger charge is -2.13. The molecule has 2 aromatic carbocycles. The molecule has 1 N–H and O–H groups in total. The standard InChI is InChI=1S/C11H16O.C11H14O/c2*1-7-5-8(2)11(10(4)12)9(3)6-7/h5-6,10,12H,1-4H3;5-6H,1-4H3. The molecule has 0 bridgehead atoms. The van der Waals surface area contributed by atoms with E-state index in [2.05, 4.69) is 19.1 Å². The van der Waals surface area contributed by atoms with Crippen molar-refractivity contribution in [1.82, 2.24) is 0 Å². The van der Waals surface area contributed by atoms with Gasteiger partial charge in [-0.05, 0) is 83.2 Å². The van der Waals surface area contributed by atoms with Crippen LogP contribution in [0.1, 0.15) is 69.3 Å². The fraction of sp³-hybridized carbons (Fsp3) is 0.409. The number of hydrogen-bond donors (Lipinski definition) is 1. The number of hydrogen-bond acceptors (Lipinski definition) is 2. The van der Waals surface area contributed by atoms with Crippen LogP contribution >= 0.6 is 0 Å². The minimum Gasteiger partial charge on any atom is -0.389 e. The zero-order valence-electron chi connectivity index (χ0n) is 16.2. The number of carbonyl (C=O) groups is 1. The lowest BCUT2D eigenvalue weighted by molar-refractivity contribution is 0.101. The number of benzene rings is 2. The topological polar surface area (TPSA) is 37.3 Å². The second-order valence-electron chi connectivity index (χ2n) is 6.82. The molecular formula is C22H30O2. The molecule has 0 aliphatic rings. The van der Waals surface area contributed by atoms with E-state index in [9.17, 15) is 9.90 Å². The third-order valence-electron chi connectivity index (χ3n) is 4.18. The van der Waals surface area contributed by atoms with Gasteiger partial charge in [0.25, 0.3) is 0 Å². The monoisotopic (exact) mass is 326 g/mol. The van der Waals surface area contributed by atoms with Crippen molar-refractivity contribution < 1.29 is 9.90 Å². The molecule has 0 saturated heterocycles. The van der Waals surface area contributed by atoms with Gasteiger partial charge in [-0.1, -0.05) is 35.4 Å². The van der Waals surface area contributed by atoms with Crippen molar-refractivity contribution >= 4 is 5.78 Å². The van der Waals surface area contributed by atoms with E-state index in [1.54, 1.807) is 6.92 Å². The van der Waals surface area contributed by atoms with Gasteiger partial charge in [0.2, 0.25) is 0 Å². The van der Waals surface area contributed by atoms with E-state index >= 15 is 0 Å². The molecule has 2 aromatic rings. The van der Waals surface area contributed by atoms with Crippen LogP contribution in [-0.4, -0.2) is 10.9 Å².